The van der Waals surface area contributed by atoms with Gasteiger partial charge in [0.1, 0.15) is 17.2 Å². The zero-order valence-corrected chi connectivity index (χ0v) is 13.8. The molecule has 2 heterocycles. The number of hydrogen-bond donors (Lipinski definition) is 1. The highest BCUT2D eigenvalue weighted by molar-refractivity contribution is 6.02. The molecule has 0 saturated heterocycles. The highest BCUT2D eigenvalue weighted by Crippen LogP contribution is 2.23. The second-order valence-electron chi connectivity index (χ2n) is 6.32. The molecule has 3 nitrogen and oxygen atoms in total. The molecule has 0 radical (unpaired) electrons. The van der Waals surface area contributed by atoms with E-state index in [4.69, 9.17) is 4.42 Å². The summed E-state index contributed by atoms with van der Waals surface area (Å²) in [4.78, 5) is 4.47. The van der Waals surface area contributed by atoms with Gasteiger partial charge in [-0.05, 0) is 37.0 Å². The van der Waals surface area contributed by atoms with Crippen molar-refractivity contribution >= 4 is 16.8 Å². The van der Waals surface area contributed by atoms with Crippen molar-refractivity contribution in [3.8, 4) is 0 Å². The lowest BCUT2D eigenvalue weighted by Crippen LogP contribution is -2.19. The molecule has 0 saturated carbocycles. The lowest BCUT2D eigenvalue weighted by atomic mass is 10.1. The quantitative estimate of drug-likeness (QED) is 0.686. The van der Waals surface area contributed by atoms with E-state index < -0.39 is 0 Å². The van der Waals surface area contributed by atoms with Gasteiger partial charge in [-0.15, -0.1) is 0 Å². The Morgan fingerprint density at radius 1 is 0.958 bits per heavy atom. The smallest absolute Gasteiger partial charge is 0.135 e. The minimum Gasteiger partial charge on any atom is -0.461 e. The second-order valence-corrected chi connectivity index (χ2v) is 6.32. The van der Waals surface area contributed by atoms with Crippen molar-refractivity contribution in [3.05, 3.63) is 71.5 Å². The van der Waals surface area contributed by atoms with Crippen LogP contribution in [0.4, 0.5) is 0 Å². The van der Waals surface area contributed by atoms with Crippen LogP contribution in [0.25, 0.3) is 11.0 Å². The topological polar surface area (TPSA) is 37.5 Å². The molecule has 3 aromatic rings. The fourth-order valence-electron chi connectivity index (χ4n) is 3.22. The Balaban J connectivity index is 1.38. The molecule has 0 spiro atoms. The summed E-state index contributed by atoms with van der Waals surface area (Å²) in [5.74, 6) is 2.06. The number of amidine groups is 1. The van der Waals surface area contributed by atoms with Gasteiger partial charge >= 0.3 is 0 Å². The summed E-state index contributed by atoms with van der Waals surface area (Å²) in [6, 6.07) is 19.2. The van der Waals surface area contributed by atoms with E-state index in [1.54, 1.807) is 0 Å². The predicted molar refractivity (Wildman–Crippen MR) is 98.7 cm³/mol. The molecule has 122 valence electrons. The number of benzene rings is 2. The van der Waals surface area contributed by atoms with E-state index >= 15 is 0 Å². The molecule has 1 aromatic heterocycles. The van der Waals surface area contributed by atoms with Gasteiger partial charge in [-0.25, -0.2) is 0 Å². The SMILES string of the molecule is c1ccc(CCCCc2cc3ccc(C4=NCCN4)cc3o2)cc1. The van der Waals surface area contributed by atoms with Crippen molar-refractivity contribution in [3.63, 3.8) is 0 Å². The zero-order valence-electron chi connectivity index (χ0n) is 13.8. The lowest BCUT2D eigenvalue weighted by Gasteiger charge is -2.01. The van der Waals surface area contributed by atoms with Crippen LogP contribution in [0, 0.1) is 0 Å². The minimum atomic E-state index is 0.859. The summed E-state index contributed by atoms with van der Waals surface area (Å²) in [6.45, 7) is 1.79. The highest BCUT2D eigenvalue weighted by Gasteiger charge is 2.10. The van der Waals surface area contributed by atoms with Crippen LogP contribution >= 0.6 is 0 Å². The van der Waals surface area contributed by atoms with Crippen molar-refractivity contribution in [2.75, 3.05) is 13.1 Å². The Kier molecular flexibility index (Phi) is 4.32. The Morgan fingerprint density at radius 2 is 1.83 bits per heavy atom. The van der Waals surface area contributed by atoms with Gasteiger partial charge in [-0.2, -0.15) is 0 Å². The van der Waals surface area contributed by atoms with Crippen molar-refractivity contribution in [1.29, 1.82) is 0 Å². The molecule has 3 heteroatoms. The van der Waals surface area contributed by atoms with E-state index in [9.17, 15) is 0 Å². The molecule has 0 aliphatic carbocycles. The highest BCUT2D eigenvalue weighted by atomic mass is 16.3. The van der Waals surface area contributed by atoms with Crippen LogP contribution in [-0.4, -0.2) is 18.9 Å². The molecule has 24 heavy (non-hydrogen) atoms. The molecule has 0 atom stereocenters. The van der Waals surface area contributed by atoms with Crippen LogP contribution < -0.4 is 5.32 Å². The standard InChI is InChI=1S/C21H22N2O/c1-2-6-16(7-3-1)8-4-5-9-19-14-17-10-11-18(15-20(17)24-19)21-22-12-13-23-21/h1-3,6-7,10-11,14-15H,4-5,8-9,12-13H2,(H,22,23). The minimum absolute atomic E-state index is 0.859. The summed E-state index contributed by atoms with van der Waals surface area (Å²) in [6.07, 6.45) is 4.47. The molecule has 1 aliphatic heterocycles. The number of nitrogens with zero attached hydrogens (tertiary/aromatic N) is 1. The summed E-state index contributed by atoms with van der Waals surface area (Å²) >= 11 is 0. The Hall–Kier alpha value is -2.55. The first-order valence-corrected chi connectivity index (χ1v) is 8.73. The first-order chi connectivity index (χ1) is 11.9. The summed E-state index contributed by atoms with van der Waals surface area (Å²) in [5, 5.41) is 4.49. The average Bonchev–Trinajstić information content (AvgIpc) is 3.28. The number of aryl methyl sites for hydroxylation is 2. The number of unbranched alkanes of at least 4 members (excludes halogenated alkanes) is 1. The van der Waals surface area contributed by atoms with Crippen LogP contribution in [0.1, 0.15) is 29.7 Å². The first kappa shape index (κ1) is 15.0. The average molecular weight is 318 g/mol. The number of fused-ring (bicyclic) bond motifs is 1. The van der Waals surface area contributed by atoms with Gasteiger partial charge < -0.3 is 9.73 Å². The molecule has 0 unspecified atom stereocenters. The maximum atomic E-state index is 6.04. The molecule has 4 rings (SSSR count). The molecule has 0 fully saturated rings. The number of aliphatic imine (C=N–C) groups is 1. The monoisotopic (exact) mass is 318 g/mol. The fourth-order valence-corrected chi connectivity index (χ4v) is 3.22. The molecular weight excluding hydrogens is 296 g/mol. The van der Waals surface area contributed by atoms with Gasteiger partial charge in [-0.3, -0.25) is 4.99 Å². The molecule has 0 bridgehead atoms. The number of rotatable bonds is 6. The van der Waals surface area contributed by atoms with Gasteiger partial charge in [0, 0.05) is 23.9 Å². The number of nitrogens with one attached hydrogen (secondary N) is 1. The van der Waals surface area contributed by atoms with Gasteiger partial charge in [0.15, 0.2) is 0 Å². The third-order valence-electron chi connectivity index (χ3n) is 4.50. The summed E-state index contributed by atoms with van der Waals surface area (Å²) in [5.41, 5.74) is 3.49. The normalized spacial score (nSPS) is 13.9. The van der Waals surface area contributed by atoms with E-state index in [2.05, 4.69) is 64.9 Å². The third kappa shape index (κ3) is 3.35. The predicted octanol–water partition coefficient (Wildman–Crippen LogP) is 4.35. The van der Waals surface area contributed by atoms with Gasteiger partial charge in [0.05, 0.1) is 6.54 Å². The molecule has 1 N–H and O–H groups in total. The fraction of sp³-hybridized carbons (Fsp3) is 0.286. The van der Waals surface area contributed by atoms with E-state index in [0.29, 0.717) is 0 Å². The van der Waals surface area contributed by atoms with Gasteiger partial charge in [0.25, 0.3) is 0 Å². The summed E-state index contributed by atoms with van der Waals surface area (Å²) in [7, 11) is 0. The van der Waals surface area contributed by atoms with E-state index in [1.807, 2.05) is 0 Å². The van der Waals surface area contributed by atoms with Crippen LogP contribution in [0.2, 0.25) is 0 Å². The number of hydrogen-bond acceptors (Lipinski definition) is 3. The van der Waals surface area contributed by atoms with Crippen molar-refractivity contribution < 1.29 is 4.42 Å². The summed E-state index contributed by atoms with van der Waals surface area (Å²) < 4.78 is 6.04. The Labute approximate surface area is 142 Å². The van der Waals surface area contributed by atoms with Gasteiger partial charge in [0.2, 0.25) is 0 Å². The molecule has 2 aromatic carbocycles. The van der Waals surface area contributed by atoms with Crippen LogP contribution in [-0.2, 0) is 12.8 Å². The Bertz CT molecular complexity index is 849. The maximum Gasteiger partial charge on any atom is 0.135 e. The van der Waals surface area contributed by atoms with E-state index in [0.717, 1.165) is 55.1 Å². The van der Waals surface area contributed by atoms with E-state index in [1.165, 1.54) is 17.4 Å². The second kappa shape index (κ2) is 6.91. The first-order valence-electron chi connectivity index (χ1n) is 8.73. The van der Waals surface area contributed by atoms with Crippen LogP contribution in [0.15, 0.2) is 64.0 Å². The van der Waals surface area contributed by atoms with Crippen molar-refractivity contribution in [1.82, 2.24) is 5.32 Å². The van der Waals surface area contributed by atoms with E-state index in [-0.39, 0.29) is 0 Å². The lowest BCUT2D eigenvalue weighted by molar-refractivity contribution is 0.532. The van der Waals surface area contributed by atoms with Crippen LogP contribution in [0.5, 0.6) is 0 Å². The van der Waals surface area contributed by atoms with Crippen LogP contribution in [0.3, 0.4) is 0 Å². The molecule has 0 amide bonds. The zero-order chi connectivity index (χ0) is 16.2. The molecule has 1 aliphatic rings. The largest absolute Gasteiger partial charge is 0.461 e. The molecular formula is C21H22N2O. The van der Waals surface area contributed by atoms with Crippen molar-refractivity contribution in [2.45, 2.75) is 25.7 Å². The van der Waals surface area contributed by atoms with Gasteiger partial charge in [-0.1, -0.05) is 42.5 Å². The number of furan rings is 1. The van der Waals surface area contributed by atoms with Crippen molar-refractivity contribution in [2.24, 2.45) is 4.99 Å². The third-order valence-corrected chi connectivity index (χ3v) is 4.50. The Morgan fingerprint density at radius 3 is 2.67 bits per heavy atom. The maximum absolute atomic E-state index is 6.04.